The van der Waals surface area contributed by atoms with E-state index in [0.717, 1.165) is 0 Å². The molecule has 2 amide bonds. The predicted molar refractivity (Wildman–Crippen MR) is 77.7 cm³/mol. The smallest absolute Gasteiger partial charge is 0.319 e. The van der Waals surface area contributed by atoms with Crippen molar-refractivity contribution in [3.8, 4) is 0 Å². The van der Waals surface area contributed by atoms with Crippen molar-refractivity contribution in [1.29, 1.82) is 0 Å². The third kappa shape index (κ3) is 6.42. The minimum atomic E-state index is -0.971. The van der Waals surface area contributed by atoms with Gasteiger partial charge in [0.15, 0.2) is 0 Å². The zero-order valence-electron chi connectivity index (χ0n) is 11.4. The lowest BCUT2D eigenvalue weighted by Crippen LogP contribution is -2.48. The van der Waals surface area contributed by atoms with Crippen LogP contribution in [0.3, 0.4) is 0 Å². The van der Waals surface area contributed by atoms with Gasteiger partial charge in [-0.1, -0.05) is 11.6 Å². The molecular formula is C13H20ClN3O2. The van der Waals surface area contributed by atoms with Crippen molar-refractivity contribution < 1.29 is 9.90 Å². The Morgan fingerprint density at radius 1 is 1.37 bits per heavy atom. The highest BCUT2D eigenvalue weighted by atomic mass is 35.5. The fraction of sp³-hybridized carbons (Fsp3) is 0.462. The first-order valence-electron chi connectivity index (χ1n) is 5.96. The maximum atomic E-state index is 11.6. The lowest BCUT2D eigenvalue weighted by atomic mass is 10.1. The Labute approximate surface area is 118 Å². The lowest BCUT2D eigenvalue weighted by molar-refractivity contribution is 0.0364. The molecule has 0 heterocycles. The van der Waals surface area contributed by atoms with Crippen LogP contribution in [0.15, 0.2) is 24.3 Å². The maximum Gasteiger partial charge on any atom is 0.319 e. The van der Waals surface area contributed by atoms with Crippen molar-refractivity contribution in [2.45, 2.75) is 12.5 Å². The molecule has 106 valence electrons. The molecule has 0 aliphatic rings. The highest BCUT2D eigenvalue weighted by Crippen LogP contribution is 2.13. The molecule has 1 aromatic carbocycles. The number of nitrogens with zero attached hydrogens (tertiary/aromatic N) is 1. The molecule has 0 aromatic heterocycles. The van der Waals surface area contributed by atoms with Crippen LogP contribution in [0, 0.1) is 0 Å². The summed E-state index contributed by atoms with van der Waals surface area (Å²) in [4.78, 5) is 13.5. The number of rotatable bonds is 5. The molecule has 0 saturated carbocycles. The summed E-state index contributed by atoms with van der Waals surface area (Å²) in [6, 6.07) is 6.44. The number of amides is 2. The standard InChI is InChI=1S/C13H20ClN3O2/c1-13(19,9-17(2)3)8-15-12(18)16-11-6-4-10(14)5-7-11/h4-7,19H,8-9H2,1-3H3,(H2,15,16,18). The first-order valence-corrected chi connectivity index (χ1v) is 6.34. The molecule has 0 aliphatic heterocycles. The highest BCUT2D eigenvalue weighted by Gasteiger charge is 2.21. The summed E-state index contributed by atoms with van der Waals surface area (Å²) in [6.07, 6.45) is 0. The second-order valence-electron chi connectivity index (χ2n) is 5.05. The lowest BCUT2D eigenvalue weighted by Gasteiger charge is -2.27. The van der Waals surface area contributed by atoms with Gasteiger partial charge >= 0.3 is 6.03 Å². The molecule has 1 aromatic rings. The molecule has 3 N–H and O–H groups in total. The zero-order chi connectivity index (χ0) is 14.5. The number of carbonyl (C=O) groups excluding carboxylic acids is 1. The van der Waals surface area contributed by atoms with Gasteiger partial charge in [0.2, 0.25) is 0 Å². The summed E-state index contributed by atoms with van der Waals surface area (Å²) >= 11 is 5.75. The van der Waals surface area contributed by atoms with Gasteiger partial charge in [-0.2, -0.15) is 0 Å². The van der Waals surface area contributed by atoms with Gasteiger partial charge in [-0.05, 0) is 45.3 Å². The molecule has 0 fully saturated rings. The maximum absolute atomic E-state index is 11.6. The van der Waals surface area contributed by atoms with Gasteiger partial charge < -0.3 is 20.6 Å². The molecule has 0 radical (unpaired) electrons. The van der Waals surface area contributed by atoms with Gasteiger partial charge in [-0.3, -0.25) is 0 Å². The Morgan fingerprint density at radius 3 is 2.47 bits per heavy atom. The van der Waals surface area contributed by atoms with Crippen molar-refractivity contribution in [2.24, 2.45) is 0 Å². The molecule has 1 rings (SSSR count). The van der Waals surface area contributed by atoms with Gasteiger partial charge in [-0.25, -0.2) is 4.79 Å². The summed E-state index contributed by atoms with van der Waals surface area (Å²) < 4.78 is 0. The number of likely N-dealkylation sites (N-methyl/N-ethyl adjacent to an activating group) is 1. The van der Waals surface area contributed by atoms with Gasteiger partial charge in [0.1, 0.15) is 0 Å². The molecule has 1 unspecified atom stereocenters. The number of hydrogen-bond donors (Lipinski definition) is 3. The van der Waals surface area contributed by atoms with E-state index in [1.54, 1.807) is 31.2 Å². The quantitative estimate of drug-likeness (QED) is 0.773. The highest BCUT2D eigenvalue weighted by molar-refractivity contribution is 6.30. The molecule has 6 heteroatoms. The molecule has 19 heavy (non-hydrogen) atoms. The van der Waals surface area contributed by atoms with E-state index in [2.05, 4.69) is 10.6 Å². The van der Waals surface area contributed by atoms with Gasteiger partial charge in [0.05, 0.1) is 5.60 Å². The van der Waals surface area contributed by atoms with E-state index in [9.17, 15) is 9.90 Å². The topological polar surface area (TPSA) is 64.6 Å². The first kappa shape index (κ1) is 15.8. The summed E-state index contributed by atoms with van der Waals surface area (Å²) in [5, 5.41) is 15.9. The normalized spacial score (nSPS) is 14.0. The van der Waals surface area contributed by atoms with E-state index in [0.29, 0.717) is 17.3 Å². The Balaban J connectivity index is 2.41. The van der Waals surface area contributed by atoms with Crippen LogP contribution in [0.1, 0.15) is 6.92 Å². The number of hydrogen-bond acceptors (Lipinski definition) is 3. The van der Waals surface area contributed by atoms with Crippen molar-refractivity contribution in [3.05, 3.63) is 29.3 Å². The fourth-order valence-corrected chi connectivity index (χ4v) is 1.84. The molecule has 1 atom stereocenters. The number of nitrogens with one attached hydrogen (secondary N) is 2. The monoisotopic (exact) mass is 285 g/mol. The fourth-order valence-electron chi connectivity index (χ4n) is 1.72. The molecule has 0 bridgehead atoms. The summed E-state index contributed by atoms with van der Waals surface area (Å²) in [6.45, 7) is 2.31. The van der Waals surface area contributed by atoms with Crippen LogP contribution in [0.5, 0.6) is 0 Å². The minimum absolute atomic E-state index is 0.171. The van der Waals surface area contributed by atoms with E-state index in [-0.39, 0.29) is 12.6 Å². The van der Waals surface area contributed by atoms with Crippen LogP contribution in [-0.4, -0.2) is 48.8 Å². The molecule has 0 aliphatic carbocycles. The third-order valence-corrected chi connectivity index (χ3v) is 2.64. The third-order valence-electron chi connectivity index (χ3n) is 2.39. The minimum Gasteiger partial charge on any atom is -0.387 e. The summed E-state index contributed by atoms with van der Waals surface area (Å²) in [7, 11) is 3.73. The van der Waals surface area contributed by atoms with E-state index < -0.39 is 5.60 Å². The Hall–Kier alpha value is -1.30. The van der Waals surface area contributed by atoms with Crippen LogP contribution in [-0.2, 0) is 0 Å². The molecular weight excluding hydrogens is 266 g/mol. The van der Waals surface area contributed by atoms with Crippen LogP contribution < -0.4 is 10.6 Å². The number of halogens is 1. The van der Waals surface area contributed by atoms with Gasteiger partial charge in [0, 0.05) is 23.8 Å². The molecule has 5 nitrogen and oxygen atoms in total. The number of urea groups is 1. The van der Waals surface area contributed by atoms with Gasteiger partial charge in [-0.15, -0.1) is 0 Å². The van der Waals surface area contributed by atoms with E-state index >= 15 is 0 Å². The van der Waals surface area contributed by atoms with Crippen LogP contribution in [0.25, 0.3) is 0 Å². The van der Waals surface area contributed by atoms with Crippen LogP contribution in [0.2, 0.25) is 5.02 Å². The zero-order valence-corrected chi connectivity index (χ0v) is 12.2. The number of aliphatic hydroxyl groups is 1. The average molecular weight is 286 g/mol. The Morgan fingerprint density at radius 2 is 1.95 bits per heavy atom. The molecule has 0 spiro atoms. The number of carbonyl (C=O) groups is 1. The Kier molecular flexibility index (Phi) is 5.60. The number of anilines is 1. The Bertz CT molecular complexity index is 418. The van der Waals surface area contributed by atoms with Crippen molar-refractivity contribution in [2.75, 3.05) is 32.5 Å². The van der Waals surface area contributed by atoms with E-state index in [4.69, 9.17) is 11.6 Å². The first-order chi connectivity index (χ1) is 8.78. The van der Waals surface area contributed by atoms with E-state index in [1.807, 2.05) is 19.0 Å². The van der Waals surface area contributed by atoms with Crippen molar-refractivity contribution >= 4 is 23.3 Å². The van der Waals surface area contributed by atoms with Gasteiger partial charge in [0.25, 0.3) is 0 Å². The second-order valence-corrected chi connectivity index (χ2v) is 5.49. The SMILES string of the molecule is CN(C)CC(C)(O)CNC(=O)Nc1ccc(Cl)cc1. The second kappa shape index (κ2) is 6.75. The number of benzene rings is 1. The summed E-state index contributed by atoms with van der Waals surface area (Å²) in [5.74, 6) is 0. The predicted octanol–water partition coefficient (Wildman–Crippen LogP) is 1.77. The largest absolute Gasteiger partial charge is 0.387 e. The molecule has 0 saturated heterocycles. The van der Waals surface area contributed by atoms with Crippen molar-refractivity contribution in [3.63, 3.8) is 0 Å². The summed E-state index contributed by atoms with van der Waals surface area (Å²) in [5.41, 5.74) is -0.324. The van der Waals surface area contributed by atoms with E-state index in [1.165, 1.54) is 0 Å². The van der Waals surface area contributed by atoms with Crippen LogP contribution >= 0.6 is 11.6 Å². The average Bonchev–Trinajstić information content (AvgIpc) is 2.28. The van der Waals surface area contributed by atoms with Crippen LogP contribution in [0.4, 0.5) is 10.5 Å². The van der Waals surface area contributed by atoms with Crippen molar-refractivity contribution in [1.82, 2.24) is 10.2 Å².